The van der Waals surface area contributed by atoms with E-state index in [0.29, 0.717) is 23.4 Å². The van der Waals surface area contributed by atoms with Gasteiger partial charge in [-0.3, -0.25) is 9.52 Å². The highest BCUT2D eigenvalue weighted by atomic mass is 32.2. The lowest BCUT2D eigenvalue weighted by molar-refractivity contribution is 0.102. The van der Waals surface area contributed by atoms with Gasteiger partial charge in [0, 0.05) is 17.8 Å². The average Bonchev–Trinajstić information content (AvgIpc) is 2.69. The Balaban J connectivity index is 2.26. The van der Waals surface area contributed by atoms with Gasteiger partial charge < -0.3 is 5.32 Å². The van der Waals surface area contributed by atoms with Gasteiger partial charge in [0.25, 0.3) is 5.91 Å². The van der Waals surface area contributed by atoms with Gasteiger partial charge in [0.15, 0.2) is 0 Å². The van der Waals surface area contributed by atoms with Crippen molar-refractivity contribution in [3.63, 3.8) is 0 Å². The van der Waals surface area contributed by atoms with E-state index in [2.05, 4.69) is 21.3 Å². The van der Waals surface area contributed by atoms with E-state index in [1.165, 1.54) is 30.3 Å². The molecule has 30 heavy (non-hydrogen) atoms. The third-order valence-electron chi connectivity index (χ3n) is 4.14. The molecule has 0 aliphatic heterocycles. The minimum absolute atomic E-state index is 0.00974. The molecule has 0 saturated carbocycles. The fraction of sp³-hybridized carbons (Fsp3) is 0.250. The van der Waals surface area contributed by atoms with Crippen molar-refractivity contribution < 1.29 is 21.6 Å². The topological polar surface area (TPSA) is 121 Å². The molecule has 10 heteroatoms. The zero-order valence-electron chi connectivity index (χ0n) is 16.8. The highest BCUT2D eigenvalue weighted by molar-refractivity contribution is 7.92. The quantitative estimate of drug-likeness (QED) is 0.480. The molecule has 0 aliphatic carbocycles. The van der Waals surface area contributed by atoms with Crippen LogP contribution in [0, 0.1) is 6.92 Å². The van der Waals surface area contributed by atoms with Crippen molar-refractivity contribution in [3.05, 3.63) is 66.2 Å². The molecule has 2 aromatic rings. The van der Waals surface area contributed by atoms with E-state index >= 15 is 0 Å². The first kappa shape index (κ1) is 23.6. The number of hydrogen-bond donors (Lipinski definition) is 3. The van der Waals surface area contributed by atoms with Crippen LogP contribution in [0.2, 0.25) is 0 Å². The summed E-state index contributed by atoms with van der Waals surface area (Å²) in [4.78, 5) is 12.6. The maximum absolute atomic E-state index is 12.7. The molecule has 0 atom stereocenters. The van der Waals surface area contributed by atoms with Crippen molar-refractivity contribution >= 4 is 37.3 Å². The third kappa shape index (κ3) is 6.15. The van der Waals surface area contributed by atoms with E-state index in [9.17, 15) is 21.6 Å². The van der Waals surface area contributed by atoms with Gasteiger partial charge in [0.05, 0.1) is 16.3 Å². The average molecular weight is 452 g/mol. The fourth-order valence-corrected chi connectivity index (χ4v) is 4.86. The van der Waals surface area contributed by atoms with E-state index in [4.69, 9.17) is 0 Å². The van der Waals surface area contributed by atoms with Crippen LogP contribution in [0.3, 0.4) is 0 Å². The largest absolute Gasteiger partial charge is 0.322 e. The first-order chi connectivity index (χ1) is 14.1. The van der Waals surface area contributed by atoms with Crippen molar-refractivity contribution in [2.24, 2.45) is 0 Å². The summed E-state index contributed by atoms with van der Waals surface area (Å²) in [6.45, 7) is 6.98. The summed E-state index contributed by atoms with van der Waals surface area (Å²) in [5, 5.41) is 2.70. The number of rotatable bonds is 10. The lowest BCUT2D eigenvalue weighted by Gasteiger charge is -2.14. The molecular weight excluding hydrogens is 426 g/mol. The summed E-state index contributed by atoms with van der Waals surface area (Å²) in [5.74, 6) is -0.531. The van der Waals surface area contributed by atoms with Crippen LogP contribution in [0.15, 0.2) is 60.0 Å². The van der Waals surface area contributed by atoms with Gasteiger partial charge in [-0.25, -0.2) is 21.6 Å². The highest BCUT2D eigenvalue weighted by Gasteiger charge is 2.17. The van der Waals surface area contributed by atoms with Crippen LogP contribution < -0.4 is 14.8 Å². The summed E-state index contributed by atoms with van der Waals surface area (Å²) in [6, 6.07) is 10.5. The van der Waals surface area contributed by atoms with Gasteiger partial charge in [-0.2, -0.15) is 0 Å². The van der Waals surface area contributed by atoms with Crippen molar-refractivity contribution in [1.29, 1.82) is 0 Å². The molecule has 0 aromatic heterocycles. The second-order valence-corrected chi connectivity index (χ2v) is 10.1. The van der Waals surface area contributed by atoms with Crippen LogP contribution in [-0.4, -0.2) is 35.0 Å². The Kier molecular flexibility index (Phi) is 7.77. The van der Waals surface area contributed by atoms with E-state index in [1.54, 1.807) is 32.0 Å². The maximum Gasteiger partial charge on any atom is 0.255 e. The Morgan fingerprint density at radius 2 is 1.73 bits per heavy atom. The van der Waals surface area contributed by atoms with Crippen molar-refractivity contribution in [1.82, 2.24) is 4.72 Å². The molecule has 0 heterocycles. The number of benzene rings is 2. The Morgan fingerprint density at radius 1 is 1.07 bits per heavy atom. The Labute approximate surface area is 177 Å². The van der Waals surface area contributed by atoms with Crippen molar-refractivity contribution in [2.75, 3.05) is 22.3 Å². The number of nitrogens with one attached hydrogen (secondary N) is 3. The maximum atomic E-state index is 12.7. The van der Waals surface area contributed by atoms with Crippen LogP contribution in [0.5, 0.6) is 0 Å². The van der Waals surface area contributed by atoms with Gasteiger partial charge in [-0.05, 0) is 49.2 Å². The monoisotopic (exact) mass is 451 g/mol. The molecule has 162 valence electrons. The van der Waals surface area contributed by atoms with Gasteiger partial charge in [-0.15, -0.1) is 6.58 Å². The Bertz CT molecular complexity index is 1140. The highest BCUT2D eigenvalue weighted by Crippen LogP contribution is 2.25. The second-order valence-electron chi connectivity index (χ2n) is 6.52. The van der Waals surface area contributed by atoms with Crippen molar-refractivity contribution in [3.8, 4) is 0 Å². The van der Waals surface area contributed by atoms with Gasteiger partial charge in [0.1, 0.15) is 0 Å². The summed E-state index contributed by atoms with van der Waals surface area (Å²) in [7, 11) is -7.25. The molecule has 0 saturated heterocycles. The van der Waals surface area contributed by atoms with E-state index in [1.807, 2.05) is 0 Å². The summed E-state index contributed by atoms with van der Waals surface area (Å²) in [6.07, 6.45) is 1.89. The minimum atomic E-state index is -3.77. The lowest BCUT2D eigenvalue weighted by atomic mass is 10.1. The van der Waals surface area contributed by atoms with Gasteiger partial charge in [0.2, 0.25) is 20.0 Å². The molecule has 2 rings (SSSR count). The Hall–Kier alpha value is -2.69. The third-order valence-corrected chi connectivity index (χ3v) is 7.04. The van der Waals surface area contributed by atoms with E-state index in [-0.39, 0.29) is 22.8 Å². The molecular formula is C20H25N3O5S2. The molecule has 0 fully saturated rings. The molecule has 0 radical (unpaired) electrons. The number of hydrogen-bond acceptors (Lipinski definition) is 5. The smallest absolute Gasteiger partial charge is 0.255 e. The summed E-state index contributed by atoms with van der Waals surface area (Å²) in [5.41, 5.74) is 1.47. The molecule has 0 spiro atoms. The number of anilines is 2. The van der Waals surface area contributed by atoms with Crippen LogP contribution in [0.25, 0.3) is 0 Å². The number of carbonyl (C=O) groups is 1. The Morgan fingerprint density at radius 3 is 2.40 bits per heavy atom. The van der Waals surface area contributed by atoms with E-state index in [0.717, 1.165) is 0 Å². The van der Waals surface area contributed by atoms with Gasteiger partial charge >= 0.3 is 0 Å². The summed E-state index contributed by atoms with van der Waals surface area (Å²) < 4.78 is 53.5. The molecule has 2 aromatic carbocycles. The first-order valence-corrected chi connectivity index (χ1v) is 12.3. The predicted octanol–water partition coefficient (Wildman–Crippen LogP) is 2.86. The predicted molar refractivity (Wildman–Crippen MR) is 119 cm³/mol. The van der Waals surface area contributed by atoms with Crippen LogP contribution in [-0.2, 0) is 20.0 Å². The van der Waals surface area contributed by atoms with Crippen molar-refractivity contribution in [2.45, 2.75) is 25.2 Å². The molecule has 0 aliphatic rings. The fourth-order valence-electron chi connectivity index (χ4n) is 2.62. The van der Waals surface area contributed by atoms with Crippen LogP contribution in [0.4, 0.5) is 11.4 Å². The molecule has 3 N–H and O–H groups in total. The molecule has 0 bridgehead atoms. The van der Waals surface area contributed by atoms with Gasteiger partial charge in [-0.1, -0.05) is 25.1 Å². The normalized spacial score (nSPS) is 11.7. The van der Waals surface area contributed by atoms with E-state index < -0.39 is 26.0 Å². The minimum Gasteiger partial charge on any atom is -0.322 e. The first-order valence-electron chi connectivity index (χ1n) is 9.21. The SMILES string of the molecule is C=CCNS(=O)(=O)c1cccc(C(=O)Nc2cccc(NS(=O)(=O)CCC)c2C)c1. The summed E-state index contributed by atoms with van der Waals surface area (Å²) >= 11 is 0. The zero-order chi connectivity index (χ0) is 22.4. The standard InChI is InChI=1S/C20H25N3O5S2/c1-4-12-21-30(27,28)17-9-6-8-16(14-17)20(24)22-18-10-7-11-19(15(18)3)23-29(25,26)13-5-2/h4,6-11,14,21,23H,1,5,12-13H2,2-3H3,(H,22,24). The second kappa shape index (κ2) is 9.88. The lowest BCUT2D eigenvalue weighted by Crippen LogP contribution is -2.24. The van der Waals surface area contributed by atoms with Crippen LogP contribution >= 0.6 is 0 Å². The molecule has 0 unspecified atom stereocenters. The molecule has 8 nitrogen and oxygen atoms in total. The number of carbonyl (C=O) groups excluding carboxylic acids is 1. The van der Waals surface area contributed by atoms with Crippen LogP contribution in [0.1, 0.15) is 29.3 Å². The number of sulfonamides is 2. The zero-order valence-corrected chi connectivity index (χ0v) is 18.4. The molecule has 1 amide bonds. The number of amides is 1.